The molecule has 0 atom stereocenters. The lowest BCUT2D eigenvalue weighted by Gasteiger charge is -2.05. The maximum atomic E-state index is 2.27. The molecular weight excluding hydrogens is 206 g/mol. The molecule has 0 amide bonds. The normalized spacial score (nSPS) is 10.8. The maximum absolute atomic E-state index is 2.27. The number of hydrogen-bond donors (Lipinski definition) is 0. The van der Waals surface area contributed by atoms with Gasteiger partial charge in [-0.2, -0.15) is 0 Å². The standard InChI is InChI=1S/C16H14N/c1-2-6-14(7-3-1)10-12-17-13-11-15-8-4-5-9-16(15)17/h1-11,13H,12H2. The molecule has 0 aliphatic carbocycles. The van der Waals surface area contributed by atoms with E-state index in [2.05, 4.69) is 71.8 Å². The predicted octanol–water partition coefficient (Wildman–Crippen LogP) is 3.89. The molecule has 0 saturated heterocycles. The van der Waals surface area contributed by atoms with Crippen LogP contribution in [0.1, 0.15) is 5.56 Å². The van der Waals surface area contributed by atoms with E-state index >= 15 is 0 Å². The van der Waals surface area contributed by atoms with Crippen molar-refractivity contribution in [3.8, 4) is 0 Å². The molecule has 0 spiro atoms. The molecule has 3 rings (SSSR count). The molecule has 1 radical (unpaired) electrons. The Morgan fingerprint density at radius 1 is 0.824 bits per heavy atom. The van der Waals surface area contributed by atoms with Crippen LogP contribution >= 0.6 is 0 Å². The Balaban J connectivity index is 1.82. The van der Waals surface area contributed by atoms with Gasteiger partial charge < -0.3 is 4.57 Å². The van der Waals surface area contributed by atoms with Gasteiger partial charge in [0.25, 0.3) is 0 Å². The van der Waals surface area contributed by atoms with Crippen LogP contribution in [-0.2, 0) is 6.54 Å². The van der Waals surface area contributed by atoms with E-state index in [1.54, 1.807) is 0 Å². The smallest absolute Gasteiger partial charge is 0.0480 e. The van der Waals surface area contributed by atoms with E-state index in [0.717, 1.165) is 6.54 Å². The fourth-order valence-electron chi connectivity index (χ4n) is 2.09. The lowest BCUT2D eigenvalue weighted by molar-refractivity contribution is 0.825. The van der Waals surface area contributed by atoms with Crippen molar-refractivity contribution in [3.05, 3.63) is 78.8 Å². The molecule has 0 unspecified atom stereocenters. The van der Waals surface area contributed by atoms with Gasteiger partial charge in [0.2, 0.25) is 0 Å². The molecular formula is C16H14N. The largest absolute Gasteiger partial charge is 0.347 e. The van der Waals surface area contributed by atoms with Gasteiger partial charge in [-0.05, 0) is 23.1 Å². The molecule has 3 aromatic rings. The summed E-state index contributed by atoms with van der Waals surface area (Å²) in [5.41, 5.74) is 2.56. The van der Waals surface area contributed by atoms with E-state index < -0.39 is 0 Å². The number of aromatic nitrogens is 1. The molecule has 1 heterocycles. The minimum absolute atomic E-state index is 0.914. The first-order chi connectivity index (χ1) is 8.43. The number of para-hydroxylation sites is 1. The van der Waals surface area contributed by atoms with E-state index in [1.165, 1.54) is 16.5 Å². The Hall–Kier alpha value is -2.02. The van der Waals surface area contributed by atoms with Crippen molar-refractivity contribution in [2.24, 2.45) is 0 Å². The highest BCUT2D eigenvalue weighted by Crippen LogP contribution is 2.16. The van der Waals surface area contributed by atoms with E-state index in [0.29, 0.717) is 0 Å². The van der Waals surface area contributed by atoms with Crippen molar-refractivity contribution >= 4 is 10.9 Å². The van der Waals surface area contributed by atoms with Gasteiger partial charge in [-0.15, -0.1) is 0 Å². The quantitative estimate of drug-likeness (QED) is 0.631. The third-order valence-corrected chi connectivity index (χ3v) is 3.00. The Kier molecular flexibility index (Phi) is 2.66. The lowest BCUT2D eigenvalue weighted by Crippen LogP contribution is -1.97. The first kappa shape index (κ1) is 10.2. The van der Waals surface area contributed by atoms with E-state index in [-0.39, 0.29) is 0 Å². The van der Waals surface area contributed by atoms with Crippen LogP contribution in [0.5, 0.6) is 0 Å². The molecule has 17 heavy (non-hydrogen) atoms. The first-order valence-electron chi connectivity index (χ1n) is 5.85. The molecule has 0 saturated carbocycles. The fourth-order valence-corrected chi connectivity index (χ4v) is 2.09. The van der Waals surface area contributed by atoms with E-state index in [4.69, 9.17) is 0 Å². The number of hydrogen-bond acceptors (Lipinski definition) is 0. The molecule has 0 N–H and O–H groups in total. The summed E-state index contributed by atoms with van der Waals surface area (Å²) in [6.45, 7) is 0.914. The zero-order chi connectivity index (χ0) is 11.5. The maximum Gasteiger partial charge on any atom is 0.0480 e. The van der Waals surface area contributed by atoms with Crippen LogP contribution in [0.15, 0.2) is 66.9 Å². The molecule has 0 fully saturated rings. The average Bonchev–Trinajstić information content (AvgIpc) is 2.81. The summed E-state index contributed by atoms with van der Waals surface area (Å²) in [6.07, 6.45) is 4.39. The van der Waals surface area contributed by atoms with Crippen LogP contribution in [0.25, 0.3) is 10.9 Å². The Morgan fingerprint density at radius 2 is 1.59 bits per heavy atom. The highest BCUT2D eigenvalue weighted by Gasteiger charge is 1.99. The number of benzene rings is 2. The molecule has 0 aliphatic rings. The van der Waals surface area contributed by atoms with E-state index in [1.807, 2.05) is 6.07 Å². The van der Waals surface area contributed by atoms with Crippen molar-refractivity contribution in [1.82, 2.24) is 4.57 Å². The Morgan fingerprint density at radius 3 is 2.47 bits per heavy atom. The SMILES string of the molecule is [CH](Cn1ccc2ccccc21)c1ccccc1. The third-order valence-electron chi connectivity index (χ3n) is 3.00. The van der Waals surface area contributed by atoms with Crippen molar-refractivity contribution in [1.29, 1.82) is 0 Å². The highest BCUT2D eigenvalue weighted by molar-refractivity contribution is 5.79. The summed E-state index contributed by atoms with van der Waals surface area (Å²) in [5.74, 6) is 0. The molecule has 1 nitrogen and oxygen atoms in total. The third kappa shape index (κ3) is 2.09. The Labute approximate surface area is 101 Å². The molecule has 0 aliphatic heterocycles. The summed E-state index contributed by atoms with van der Waals surface area (Å²) in [4.78, 5) is 0. The van der Waals surface area contributed by atoms with Crippen LogP contribution < -0.4 is 0 Å². The fraction of sp³-hybridized carbons (Fsp3) is 0.0625. The topological polar surface area (TPSA) is 4.93 Å². The number of fused-ring (bicyclic) bond motifs is 1. The molecule has 1 aromatic heterocycles. The zero-order valence-electron chi connectivity index (χ0n) is 9.58. The van der Waals surface area contributed by atoms with Gasteiger partial charge in [0, 0.05) is 24.7 Å². The second kappa shape index (κ2) is 4.46. The van der Waals surface area contributed by atoms with Crippen LogP contribution in [0.4, 0.5) is 0 Å². The summed E-state index contributed by atoms with van der Waals surface area (Å²) in [5, 5.41) is 1.30. The second-order valence-electron chi connectivity index (χ2n) is 4.14. The molecule has 2 aromatic carbocycles. The molecule has 1 heteroatoms. The van der Waals surface area contributed by atoms with Gasteiger partial charge in [-0.3, -0.25) is 0 Å². The first-order valence-corrected chi connectivity index (χ1v) is 5.85. The van der Waals surface area contributed by atoms with Crippen molar-refractivity contribution < 1.29 is 0 Å². The Bertz CT molecular complexity index is 608. The average molecular weight is 220 g/mol. The molecule has 0 bridgehead atoms. The zero-order valence-corrected chi connectivity index (χ0v) is 9.58. The van der Waals surface area contributed by atoms with Crippen LogP contribution in [-0.4, -0.2) is 4.57 Å². The van der Waals surface area contributed by atoms with Crippen LogP contribution in [0, 0.1) is 6.42 Å². The van der Waals surface area contributed by atoms with Gasteiger partial charge in [-0.25, -0.2) is 0 Å². The van der Waals surface area contributed by atoms with Gasteiger partial charge in [0.15, 0.2) is 0 Å². The lowest BCUT2D eigenvalue weighted by atomic mass is 10.1. The highest BCUT2D eigenvalue weighted by atomic mass is 14.9. The van der Waals surface area contributed by atoms with Crippen molar-refractivity contribution in [3.63, 3.8) is 0 Å². The van der Waals surface area contributed by atoms with Gasteiger partial charge in [-0.1, -0.05) is 48.5 Å². The van der Waals surface area contributed by atoms with Gasteiger partial charge in [0.1, 0.15) is 0 Å². The van der Waals surface area contributed by atoms with Crippen LogP contribution in [0.3, 0.4) is 0 Å². The monoisotopic (exact) mass is 220 g/mol. The summed E-state index contributed by atoms with van der Waals surface area (Å²) >= 11 is 0. The van der Waals surface area contributed by atoms with E-state index in [9.17, 15) is 0 Å². The summed E-state index contributed by atoms with van der Waals surface area (Å²) in [6, 6.07) is 21.1. The summed E-state index contributed by atoms with van der Waals surface area (Å²) < 4.78 is 2.27. The summed E-state index contributed by atoms with van der Waals surface area (Å²) in [7, 11) is 0. The van der Waals surface area contributed by atoms with Crippen molar-refractivity contribution in [2.75, 3.05) is 0 Å². The van der Waals surface area contributed by atoms with Gasteiger partial charge >= 0.3 is 0 Å². The van der Waals surface area contributed by atoms with Crippen LogP contribution in [0.2, 0.25) is 0 Å². The predicted molar refractivity (Wildman–Crippen MR) is 71.8 cm³/mol. The minimum atomic E-state index is 0.914. The number of nitrogens with zero attached hydrogens (tertiary/aromatic N) is 1. The van der Waals surface area contributed by atoms with Crippen molar-refractivity contribution in [2.45, 2.75) is 6.54 Å². The minimum Gasteiger partial charge on any atom is -0.347 e. The number of rotatable bonds is 3. The second-order valence-corrected chi connectivity index (χ2v) is 4.14. The van der Waals surface area contributed by atoms with Gasteiger partial charge in [0.05, 0.1) is 0 Å². The molecule has 83 valence electrons.